The van der Waals surface area contributed by atoms with E-state index >= 15 is 0 Å². The number of benzene rings is 1. The van der Waals surface area contributed by atoms with Crippen LogP contribution in [0.5, 0.6) is 5.75 Å². The predicted molar refractivity (Wildman–Crippen MR) is 120 cm³/mol. The summed E-state index contributed by atoms with van der Waals surface area (Å²) in [7, 11) is 1.64. The van der Waals surface area contributed by atoms with E-state index in [-0.39, 0.29) is 36.4 Å². The van der Waals surface area contributed by atoms with Crippen molar-refractivity contribution in [3.8, 4) is 5.75 Å². The van der Waals surface area contributed by atoms with Gasteiger partial charge in [0.15, 0.2) is 5.96 Å². The molecule has 0 heterocycles. The van der Waals surface area contributed by atoms with E-state index in [1.165, 1.54) is 0 Å². The summed E-state index contributed by atoms with van der Waals surface area (Å²) in [5.41, 5.74) is 1.07. The molecule has 1 aromatic rings. The van der Waals surface area contributed by atoms with E-state index in [0.29, 0.717) is 32.3 Å². The molecule has 7 nitrogen and oxygen atoms in total. The van der Waals surface area contributed by atoms with Gasteiger partial charge in [0.2, 0.25) is 5.91 Å². The molecule has 1 amide bonds. The van der Waals surface area contributed by atoms with Gasteiger partial charge in [0.05, 0.1) is 20.2 Å². The van der Waals surface area contributed by atoms with E-state index < -0.39 is 0 Å². The molecule has 1 aromatic carbocycles. The van der Waals surface area contributed by atoms with Crippen LogP contribution in [0.3, 0.4) is 0 Å². The maximum absolute atomic E-state index is 11.8. The molecule has 0 radical (unpaired) electrons. The highest BCUT2D eigenvalue weighted by Gasteiger charge is 2.03. The Morgan fingerprint density at radius 1 is 1.07 bits per heavy atom. The molecule has 1 rings (SSSR count). The smallest absolute Gasteiger partial charge is 0.239 e. The number of ether oxygens (including phenoxy) is 2. The third-order valence-corrected chi connectivity index (χ3v) is 3.53. The summed E-state index contributed by atoms with van der Waals surface area (Å²) >= 11 is 0. The minimum absolute atomic E-state index is 0. The lowest BCUT2D eigenvalue weighted by Crippen LogP contribution is -2.43. The second-order valence-corrected chi connectivity index (χ2v) is 5.69. The van der Waals surface area contributed by atoms with Gasteiger partial charge in [-0.15, -0.1) is 24.0 Å². The summed E-state index contributed by atoms with van der Waals surface area (Å²) in [6.45, 7) is 7.54. The second kappa shape index (κ2) is 16.6. The fraction of sp³-hybridized carbons (Fsp3) is 0.579. The predicted octanol–water partition coefficient (Wildman–Crippen LogP) is 2.30. The number of halogens is 1. The molecule has 0 saturated carbocycles. The van der Waals surface area contributed by atoms with Crippen molar-refractivity contribution in [2.45, 2.75) is 33.2 Å². The van der Waals surface area contributed by atoms with Crippen LogP contribution in [-0.2, 0) is 16.1 Å². The Labute approximate surface area is 179 Å². The molecule has 0 aliphatic heterocycles. The third kappa shape index (κ3) is 12.5. The van der Waals surface area contributed by atoms with Crippen LogP contribution < -0.4 is 20.7 Å². The molecule has 0 unspecified atom stereocenters. The Balaban J connectivity index is 0.00000676. The van der Waals surface area contributed by atoms with Crippen molar-refractivity contribution in [3.63, 3.8) is 0 Å². The summed E-state index contributed by atoms with van der Waals surface area (Å²) in [5, 5.41) is 9.15. The molecule has 0 bridgehead atoms. The van der Waals surface area contributed by atoms with Gasteiger partial charge in [-0.1, -0.05) is 19.1 Å². The summed E-state index contributed by atoms with van der Waals surface area (Å²) < 4.78 is 10.5. The number of hydrogen-bond acceptors (Lipinski definition) is 4. The highest BCUT2D eigenvalue weighted by atomic mass is 127. The van der Waals surface area contributed by atoms with Gasteiger partial charge >= 0.3 is 0 Å². The molecule has 154 valence electrons. The average Bonchev–Trinajstić information content (AvgIpc) is 2.68. The van der Waals surface area contributed by atoms with Crippen LogP contribution in [0.4, 0.5) is 0 Å². The van der Waals surface area contributed by atoms with Crippen LogP contribution in [0.25, 0.3) is 0 Å². The maximum atomic E-state index is 11.8. The summed E-state index contributed by atoms with van der Waals surface area (Å²) in [6.07, 6.45) is 1.79. The fourth-order valence-electron chi connectivity index (χ4n) is 2.09. The lowest BCUT2D eigenvalue weighted by molar-refractivity contribution is -0.120. The van der Waals surface area contributed by atoms with Crippen molar-refractivity contribution in [1.82, 2.24) is 16.0 Å². The van der Waals surface area contributed by atoms with Crippen molar-refractivity contribution in [2.75, 3.05) is 40.0 Å². The molecule has 0 aromatic heterocycles. The van der Waals surface area contributed by atoms with Crippen LogP contribution >= 0.6 is 24.0 Å². The molecule has 0 aliphatic carbocycles. The van der Waals surface area contributed by atoms with Crippen molar-refractivity contribution < 1.29 is 14.3 Å². The number of hydrogen-bond donors (Lipinski definition) is 3. The Bertz CT molecular complexity index is 538. The lowest BCUT2D eigenvalue weighted by Gasteiger charge is -2.13. The van der Waals surface area contributed by atoms with Crippen molar-refractivity contribution in [1.29, 1.82) is 0 Å². The molecule has 0 fully saturated rings. The van der Waals surface area contributed by atoms with E-state index in [0.717, 1.165) is 30.7 Å². The zero-order chi connectivity index (χ0) is 19.0. The normalized spacial score (nSPS) is 10.7. The molecule has 0 saturated heterocycles. The number of guanidine groups is 1. The number of methoxy groups -OCH3 is 1. The van der Waals surface area contributed by atoms with Crippen molar-refractivity contribution >= 4 is 35.8 Å². The monoisotopic (exact) mass is 492 g/mol. The molecule has 0 aliphatic rings. The van der Waals surface area contributed by atoms with E-state index in [2.05, 4.69) is 20.9 Å². The van der Waals surface area contributed by atoms with Gasteiger partial charge in [-0.2, -0.15) is 0 Å². The van der Waals surface area contributed by atoms with Gasteiger partial charge in [-0.25, -0.2) is 4.99 Å². The topological polar surface area (TPSA) is 84.0 Å². The number of amides is 1. The number of rotatable bonds is 12. The summed E-state index contributed by atoms with van der Waals surface area (Å²) in [6, 6.07) is 7.77. The summed E-state index contributed by atoms with van der Waals surface area (Å²) in [4.78, 5) is 16.3. The highest BCUT2D eigenvalue weighted by Crippen LogP contribution is 2.11. The first-order valence-electron chi connectivity index (χ1n) is 9.19. The number of carbonyl (C=O) groups excluding carboxylic acids is 1. The zero-order valence-electron chi connectivity index (χ0n) is 16.5. The minimum Gasteiger partial charge on any atom is -0.497 e. The molecule has 27 heavy (non-hydrogen) atoms. The Morgan fingerprint density at radius 3 is 2.44 bits per heavy atom. The standard InChI is InChI=1S/C19H32N4O3.HI/c1-4-11-20-18(24)15-23-19(21-12-6-13-26-5-2)22-14-16-7-9-17(25-3)10-8-16;/h7-10H,4-6,11-15H2,1-3H3,(H,20,24)(H2,21,22,23);1H. The molecule has 0 atom stereocenters. The van der Waals surface area contributed by atoms with Crippen LogP contribution in [0.2, 0.25) is 0 Å². The van der Waals surface area contributed by atoms with Crippen LogP contribution in [0, 0.1) is 0 Å². The first-order valence-corrected chi connectivity index (χ1v) is 9.19. The first kappa shape index (κ1) is 25.4. The van der Waals surface area contributed by atoms with Gasteiger partial charge in [0.1, 0.15) is 5.75 Å². The molecular formula is C19H33IN4O3. The van der Waals surface area contributed by atoms with E-state index in [4.69, 9.17) is 9.47 Å². The Morgan fingerprint density at radius 2 is 1.81 bits per heavy atom. The molecule has 0 spiro atoms. The number of carbonyl (C=O) groups is 1. The van der Waals surface area contributed by atoms with Crippen LogP contribution in [-0.4, -0.2) is 51.8 Å². The second-order valence-electron chi connectivity index (χ2n) is 5.69. The van der Waals surface area contributed by atoms with Crippen LogP contribution in [0.15, 0.2) is 29.3 Å². The zero-order valence-corrected chi connectivity index (χ0v) is 18.9. The van der Waals surface area contributed by atoms with Gasteiger partial charge in [-0.3, -0.25) is 4.79 Å². The molecule has 8 heteroatoms. The SMILES string of the molecule is CCCNC(=O)CNC(=NCc1ccc(OC)cc1)NCCCOCC.I. The van der Waals surface area contributed by atoms with Crippen molar-refractivity contribution in [3.05, 3.63) is 29.8 Å². The number of nitrogens with one attached hydrogen (secondary N) is 3. The largest absolute Gasteiger partial charge is 0.497 e. The minimum atomic E-state index is -0.0416. The molecule has 3 N–H and O–H groups in total. The van der Waals surface area contributed by atoms with Gasteiger partial charge < -0.3 is 25.4 Å². The van der Waals surface area contributed by atoms with E-state index in [9.17, 15) is 4.79 Å². The summed E-state index contributed by atoms with van der Waals surface area (Å²) in [5.74, 6) is 1.39. The Kier molecular flexibility index (Phi) is 15.7. The average molecular weight is 492 g/mol. The fourth-order valence-corrected chi connectivity index (χ4v) is 2.09. The van der Waals surface area contributed by atoms with Gasteiger partial charge in [-0.05, 0) is 37.5 Å². The first-order chi connectivity index (χ1) is 12.7. The highest BCUT2D eigenvalue weighted by molar-refractivity contribution is 14.0. The number of aliphatic imine (C=N–C) groups is 1. The van der Waals surface area contributed by atoms with Crippen LogP contribution in [0.1, 0.15) is 32.3 Å². The van der Waals surface area contributed by atoms with E-state index in [1.807, 2.05) is 38.1 Å². The third-order valence-electron chi connectivity index (χ3n) is 3.53. The van der Waals surface area contributed by atoms with Gasteiger partial charge in [0, 0.05) is 26.3 Å². The molecular weight excluding hydrogens is 459 g/mol. The maximum Gasteiger partial charge on any atom is 0.239 e. The van der Waals surface area contributed by atoms with E-state index in [1.54, 1.807) is 7.11 Å². The van der Waals surface area contributed by atoms with Crippen molar-refractivity contribution in [2.24, 2.45) is 4.99 Å². The lowest BCUT2D eigenvalue weighted by atomic mass is 10.2. The quantitative estimate of drug-likeness (QED) is 0.181. The Hall–Kier alpha value is -1.55. The number of nitrogens with zero attached hydrogens (tertiary/aromatic N) is 1. The van der Waals surface area contributed by atoms with Gasteiger partial charge in [0.25, 0.3) is 0 Å².